The largest absolute Gasteiger partial charge is 0.481 e. The molecule has 2 amide bonds. The summed E-state index contributed by atoms with van der Waals surface area (Å²) in [6.07, 6.45) is 0. The molecule has 0 bridgehead atoms. The van der Waals surface area contributed by atoms with Crippen LogP contribution >= 0.6 is 15.9 Å². The number of benzene rings is 1. The minimum Gasteiger partial charge on any atom is -0.481 e. The zero-order valence-electron chi connectivity index (χ0n) is 11.0. The number of nitrogens with zero attached hydrogens (tertiary/aromatic N) is 1. The van der Waals surface area contributed by atoms with Gasteiger partial charge in [0.2, 0.25) is 0 Å². The lowest BCUT2D eigenvalue weighted by Gasteiger charge is -2.19. The Kier molecular flexibility index (Phi) is 5.11. The van der Waals surface area contributed by atoms with Gasteiger partial charge in [-0.25, -0.2) is 4.79 Å². The van der Waals surface area contributed by atoms with Crippen LogP contribution in [0.5, 0.6) is 0 Å². The molecule has 7 heteroatoms. The molecule has 0 unspecified atom stereocenters. The Hall–Kier alpha value is -2.07. The predicted molar refractivity (Wildman–Crippen MR) is 77.3 cm³/mol. The number of carbonyl (C=O) groups excluding carboxylic acids is 1. The van der Waals surface area contributed by atoms with Crippen LogP contribution in [0, 0.1) is 16.7 Å². The second kappa shape index (κ2) is 6.39. The van der Waals surface area contributed by atoms with E-state index in [1.54, 1.807) is 18.2 Å². The van der Waals surface area contributed by atoms with Crippen molar-refractivity contribution in [1.82, 2.24) is 5.32 Å². The number of urea groups is 1. The van der Waals surface area contributed by atoms with Gasteiger partial charge in [-0.3, -0.25) is 4.79 Å². The van der Waals surface area contributed by atoms with Crippen LogP contribution in [-0.2, 0) is 4.79 Å². The number of hydrogen-bond donors (Lipinski definition) is 3. The molecule has 0 fully saturated rings. The summed E-state index contributed by atoms with van der Waals surface area (Å²) >= 11 is 3.23. The van der Waals surface area contributed by atoms with E-state index in [9.17, 15) is 9.59 Å². The number of carbonyl (C=O) groups is 2. The molecule has 6 nitrogen and oxygen atoms in total. The first-order valence-corrected chi connectivity index (χ1v) is 6.53. The molecule has 0 radical (unpaired) electrons. The van der Waals surface area contributed by atoms with Crippen molar-refractivity contribution in [3.63, 3.8) is 0 Å². The van der Waals surface area contributed by atoms with Crippen molar-refractivity contribution in [2.45, 2.75) is 13.8 Å². The lowest BCUT2D eigenvalue weighted by molar-refractivity contribution is -0.146. The van der Waals surface area contributed by atoms with Gasteiger partial charge in [0.05, 0.1) is 16.7 Å². The lowest BCUT2D eigenvalue weighted by atomic mass is 9.94. The highest BCUT2D eigenvalue weighted by molar-refractivity contribution is 9.10. The number of anilines is 1. The molecule has 1 aromatic carbocycles. The quantitative estimate of drug-likeness (QED) is 0.784. The first kappa shape index (κ1) is 16.0. The molecule has 0 spiro atoms. The number of aliphatic carboxylic acids is 1. The number of carboxylic acid groups (broad SMARTS) is 1. The zero-order valence-corrected chi connectivity index (χ0v) is 12.6. The lowest BCUT2D eigenvalue weighted by Crippen LogP contribution is -2.40. The maximum Gasteiger partial charge on any atom is 0.319 e. The van der Waals surface area contributed by atoms with Crippen molar-refractivity contribution in [2.75, 3.05) is 11.9 Å². The van der Waals surface area contributed by atoms with Gasteiger partial charge >= 0.3 is 12.0 Å². The van der Waals surface area contributed by atoms with Crippen molar-refractivity contribution in [1.29, 1.82) is 5.26 Å². The molecular formula is C13H14BrN3O3. The van der Waals surface area contributed by atoms with Gasteiger partial charge in [0.15, 0.2) is 0 Å². The number of nitrogens with one attached hydrogen (secondary N) is 2. The summed E-state index contributed by atoms with van der Waals surface area (Å²) < 4.78 is 0.729. The molecule has 0 aliphatic heterocycles. The predicted octanol–water partition coefficient (Wildman–Crippen LogP) is 2.55. The Bertz CT molecular complexity index is 579. The van der Waals surface area contributed by atoms with Gasteiger partial charge < -0.3 is 15.7 Å². The van der Waals surface area contributed by atoms with Crippen LogP contribution in [0.1, 0.15) is 19.4 Å². The molecule has 0 saturated carbocycles. The summed E-state index contributed by atoms with van der Waals surface area (Å²) in [4.78, 5) is 22.6. The molecule has 0 aliphatic carbocycles. The molecule has 0 aromatic heterocycles. The summed E-state index contributed by atoms with van der Waals surface area (Å²) in [6, 6.07) is 6.27. The van der Waals surface area contributed by atoms with Crippen LogP contribution in [0.25, 0.3) is 0 Å². The summed E-state index contributed by atoms with van der Waals surface area (Å²) in [5, 5.41) is 22.9. The second-order valence-electron chi connectivity index (χ2n) is 4.80. The van der Waals surface area contributed by atoms with Crippen LogP contribution < -0.4 is 10.6 Å². The zero-order chi connectivity index (χ0) is 15.3. The minimum atomic E-state index is -1.06. The number of halogens is 1. The molecule has 0 atom stereocenters. The smallest absolute Gasteiger partial charge is 0.319 e. The number of hydrogen-bond acceptors (Lipinski definition) is 3. The third-order valence-electron chi connectivity index (χ3n) is 2.62. The summed E-state index contributed by atoms with van der Waals surface area (Å²) in [5.74, 6) is -1.00. The van der Waals surface area contributed by atoms with E-state index >= 15 is 0 Å². The summed E-state index contributed by atoms with van der Waals surface area (Å²) in [5.41, 5.74) is -0.386. The number of amides is 2. The molecule has 0 aliphatic rings. The number of nitriles is 1. The first-order chi connectivity index (χ1) is 9.26. The van der Waals surface area contributed by atoms with Gasteiger partial charge in [0.25, 0.3) is 0 Å². The molecule has 0 saturated heterocycles. The van der Waals surface area contributed by atoms with E-state index in [0.717, 1.165) is 4.47 Å². The number of carboxylic acids is 1. The molecular weight excluding hydrogens is 326 g/mol. The average molecular weight is 340 g/mol. The third-order valence-corrected chi connectivity index (χ3v) is 3.11. The Morgan fingerprint density at radius 2 is 2.10 bits per heavy atom. The van der Waals surface area contributed by atoms with Gasteiger partial charge in [-0.2, -0.15) is 5.26 Å². The third kappa shape index (κ3) is 4.24. The monoisotopic (exact) mass is 339 g/mol. The van der Waals surface area contributed by atoms with E-state index in [2.05, 4.69) is 26.6 Å². The SMILES string of the molecule is CC(C)(CNC(=O)Nc1ccc(Br)cc1C#N)C(=O)O. The second-order valence-corrected chi connectivity index (χ2v) is 5.71. The van der Waals surface area contributed by atoms with E-state index in [-0.39, 0.29) is 6.54 Å². The molecule has 1 rings (SSSR count). The van der Waals surface area contributed by atoms with Crippen molar-refractivity contribution >= 4 is 33.6 Å². The van der Waals surface area contributed by atoms with Gasteiger partial charge in [-0.1, -0.05) is 15.9 Å². The van der Waals surface area contributed by atoms with E-state index in [4.69, 9.17) is 10.4 Å². The maximum atomic E-state index is 11.7. The van der Waals surface area contributed by atoms with Gasteiger partial charge in [-0.15, -0.1) is 0 Å². The van der Waals surface area contributed by atoms with E-state index in [1.807, 2.05) is 6.07 Å². The van der Waals surface area contributed by atoms with Crippen LogP contribution in [0.3, 0.4) is 0 Å². The molecule has 3 N–H and O–H groups in total. The van der Waals surface area contributed by atoms with Crippen LogP contribution in [-0.4, -0.2) is 23.7 Å². The normalized spacial score (nSPS) is 10.5. The molecule has 20 heavy (non-hydrogen) atoms. The highest BCUT2D eigenvalue weighted by Gasteiger charge is 2.27. The van der Waals surface area contributed by atoms with Crippen molar-refractivity contribution < 1.29 is 14.7 Å². The van der Waals surface area contributed by atoms with Crippen molar-refractivity contribution in [3.05, 3.63) is 28.2 Å². The average Bonchev–Trinajstić information content (AvgIpc) is 2.38. The maximum absolute atomic E-state index is 11.7. The summed E-state index contributed by atoms with van der Waals surface area (Å²) in [7, 11) is 0. The van der Waals surface area contributed by atoms with Crippen molar-refractivity contribution in [3.8, 4) is 6.07 Å². The van der Waals surface area contributed by atoms with E-state index < -0.39 is 17.4 Å². The Labute approximate surface area is 124 Å². The topological polar surface area (TPSA) is 102 Å². The Balaban J connectivity index is 2.69. The fourth-order valence-corrected chi connectivity index (χ4v) is 1.62. The molecule has 0 heterocycles. The number of rotatable bonds is 4. The highest BCUT2D eigenvalue weighted by Crippen LogP contribution is 2.20. The van der Waals surface area contributed by atoms with E-state index in [0.29, 0.717) is 11.3 Å². The highest BCUT2D eigenvalue weighted by atomic mass is 79.9. The summed E-state index contributed by atoms with van der Waals surface area (Å²) in [6.45, 7) is 3.00. The van der Waals surface area contributed by atoms with E-state index in [1.165, 1.54) is 13.8 Å². The first-order valence-electron chi connectivity index (χ1n) is 5.74. The Morgan fingerprint density at radius 3 is 2.65 bits per heavy atom. The van der Waals surface area contributed by atoms with Crippen molar-refractivity contribution in [2.24, 2.45) is 5.41 Å². The molecule has 1 aromatic rings. The van der Waals surface area contributed by atoms with Gasteiger partial charge in [0.1, 0.15) is 6.07 Å². The van der Waals surface area contributed by atoms with Crippen LogP contribution in [0.15, 0.2) is 22.7 Å². The van der Waals surface area contributed by atoms with Gasteiger partial charge in [0, 0.05) is 11.0 Å². The fraction of sp³-hybridized carbons (Fsp3) is 0.308. The minimum absolute atomic E-state index is 0.0212. The van der Waals surface area contributed by atoms with Crippen LogP contribution in [0.2, 0.25) is 0 Å². The fourth-order valence-electron chi connectivity index (χ4n) is 1.26. The Morgan fingerprint density at radius 1 is 1.45 bits per heavy atom. The molecule has 106 valence electrons. The standard InChI is InChI=1S/C13H14BrN3O3/c1-13(2,11(18)19)7-16-12(20)17-10-4-3-9(14)5-8(10)6-15/h3-5H,7H2,1-2H3,(H,18,19)(H2,16,17,20). The van der Waals surface area contributed by atoms with Gasteiger partial charge in [-0.05, 0) is 32.0 Å². The van der Waals surface area contributed by atoms with Crippen LogP contribution in [0.4, 0.5) is 10.5 Å².